The molecule has 0 saturated heterocycles. The van der Waals surface area contributed by atoms with Gasteiger partial charge in [-0.15, -0.1) is 0 Å². The molecule has 0 spiro atoms. The molecule has 0 aromatic rings. The van der Waals surface area contributed by atoms with Gasteiger partial charge in [-0.05, 0) is 24.8 Å². The number of rotatable bonds is 7. The molecule has 0 atom stereocenters. The lowest BCUT2D eigenvalue weighted by Gasteiger charge is -1.98. The molecule has 0 bridgehead atoms. The highest BCUT2D eigenvalue weighted by molar-refractivity contribution is 6.47. The van der Waals surface area contributed by atoms with E-state index in [9.17, 15) is 0 Å². The van der Waals surface area contributed by atoms with Crippen molar-refractivity contribution in [2.75, 3.05) is 0 Å². The van der Waals surface area contributed by atoms with E-state index >= 15 is 0 Å². The molecule has 2 N–H and O–H groups in total. The summed E-state index contributed by atoms with van der Waals surface area (Å²) in [5.74, 6) is 1.37. The summed E-state index contributed by atoms with van der Waals surface area (Å²) in [6, 6.07) is 0. The summed E-state index contributed by atoms with van der Waals surface area (Å²) in [5, 5.41) is 17.0. The Morgan fingerprint density at radius 3 is 2.50 bits per heavy atom. The van der Waals surface area contributed by atoms with Gasteiger partial charge in [0.1, 0.15) is 0 Å². The summed E-state index contributed by atoms with van der Waals surface area (Å²) in [5.41, 5.74) is 1.15. The number of hydrogen-bond donors (Lipinski definition) is 2. The van der Waals surface area contributed by atoms with E-state index in [1.165, 1.54) is 5.98 Å². The fourth-order valence-electron chi connectivity index (χ4n) is 1.05. The second-order valence-corrected chi connectivity index (χ2v) is 2.92. The number of allylic oxidation sites excluding steroid dienone is 5. The molecule has 3 heteroatoms. The van der Waals surface area contributed by atoms with Crippen LogP contribution in [-0.2, 0) is 0 Å². The standard InChI is InChI=1S/C11H17BO2/c1-3-8-11(4-2)9-6-5-7-10-12(13)14/h3-4,7-8,10,13-14H,1-2,5-6,9H2/b10-7+,11-8+. The summed E-state index contributed by atoms with van der Waals surface area (Å²) in [7, 11) is -1.34. The maximum atomic E-state index is 8.52. The molecule has 0 rings (SSSR count). The summed E-state index contributed by atoms with van der Waals surface area (Å²) in [6.07, 6.45) is 9.98. The molecule has 0 saturated carbocycles. The Kier molecular flexibility index (Phi) is 7.90. The number of hydrogen-bond acceptors (Lipinski definition) is 2. The van der Waals surface area contributed by atoms with E-state index in [1.54, 1.807) is 12.2 Å². The topological polar surface area (TPSA) is 40.5 Å². The Morgan fingerprint density at radius 2 is 2.00 bits per heavy atom. The first kappa shape index (κ1) is 12.9. The predicted octanol–water partition coefficient (Wildman–Crippen LogP) is 2.02. The first-order chi connectivity index (χ1) is 6.70. The largest absolute Gasteiger partial charge is 0.480 e. The zero-order valence-corrected chi connectivity index (χ0v) is 8.39. The fourth-order valence-corrected chi connectivity index (χ4v) is 1.05. The van der Waals surface area contributed by atoms with Crippen LogP contribution in [0.15, 0.2) is 49.0 Å². The van der Waals surface area contributed by atoms with Crippen LogP contribution < -0.4 is 0 Å². The summed E-state index contributed by atoms with van der Waals surface area (Å²) >= 11 is 0. The van der Waals surface area contributed by atoms with Gasteiger partial charge in [0.15, 0.2) is 0 Å². The molecule has 0 aliphatic carbocycles. The molecule has 0 amide bonds. The summed E-state index contributed by atoms with van der Waals surface area (Å²) in [6.45, 7) is 7.30. The molecule has 14 heavy (non-hydrogen) atoms. The molecule has 0 heterocycles. The van der Waals surface area contributed by atoms with Gasteiger partial charge >= 0.3 is 7.12 Å². The van der Waals surface area contributed by atoms with Gasteiger partial charge in [-0.1, -0.05) is 43.4 Å². The van der Waals surface area contributed by atoms with E-state index in [1.807, 2.05) is 12.2 Å². The van der Waals surface area contributed by atoms with E-state index in [-0.39, 0.29) is 0 Å². The van der Waals surface area contributed by atoms with Crippen molar-refractivity contribution >= 4 is 7.12 Å². The van der Waals surface area contributed by atoms with E-state index in [2.05, 4.69) is 13.2 Å². The minimum Gasteiger partial charge on any atom is -0.424 e. The lowest BCUT2D eigenvalue weighted by molar-refractivity contribution is 0.424. The molecule has 0 aromatic carbocycles. The third kappa shape index (κ3) is 7.59. The Balaban J connectivity index is 3.67. The SMILES string of the molecule is C=C/C=C(\C=C)CCC/C=C/B(O)O. The van der Waals surface area contributed by atoms with Crippen molar-refractivity contribution in [1.29, 1.82) is 0 Å². The maximum absolute atomic E-state index is 8.52. The molecule has 0 radical (unpaired) electrons. The highest BCUT2D eigenvalue weighted by atomic mass is 16.4. The first-order valence-electron chi connectivity index (χ1n) is 4.67. The average Bonchev–Trinajstić information content (AvgIpc) is 2.15. The molecular weight excluding hydrogens is 175 g/mol. The van der Waals surface area contributed by atoms with Crippen LogP contribution >= 0.6 is 0 Å². The molecular formula is C11H17BO2. The van der Waals surface area contributed by atoms with E-state index in [0.717, 1.165) is 24.8 Å². The van der Waals surface area contributed by atoms with Crippen molar-refractivity contribution in [1.82, 2.24) is 0 Å². The van der Waals surface area contributed by atoms with Crippen LogP contribution in [0.25, 0.3) is 0 Å². The molecule has 76 valence electrons. The van der Waals surface area contributed by atoms with Gasteiger partial charge in [-0.3, -0.25) is 0 Å². The molecule has 2 nitrogen and oxygen atoms in total. The van der Waals surface area contributed by atoms with Gasteiger partial charge in [-0.2, -0.15) is 0 Å². The van der Waals surface area contributed by atoms with Gasteiger partial charge in [0.25, 0.3) is 0 Å². The normalized spacial score (nSPS) is 11.7. The molecule has 0 aliphatic heterocycles. The average molecular weight is 192 g/mol. The Morgan fingerprint density at radius 1 is 1.29 bits per heavy atom. The van der Waals surface area contributed by atoms with Crippen molar-refractivity contribution in [2.24, 2.45) is 0 Å². The monoisotopic (exact) mass is 192 g/mol. The van der Waals surface area contributed by atoms with Crippen molar-refractivity contribution < 1.29 is 10.0 Å². The van der Waals surface area contributed by atoms with Crippen LogP contribution in [0.1, 0.15) is 19.3 Å². The van der Waals surface area contributed by atoms with Crippen molar-refractivity contribution in [3.63, 3.8) is 0 Å². The second-order valence-electron chi connectivity index (χ2n) is 2.92. The minimum atomic E-state index is -1.34. The van der Waals surface area contributed by atoms with Crippen molar-refractivity contribution in [3.8, 4) is 0 Å². The van der Waals surface area contributed by atoms with Crippen LogP contribution in [0.3, 0.4) is 0 Å². The van der Waals surface area contributed by atoms with Crippen LogP contribution in [0.2, 0.25) is 0 Å². The van der Waals surface area contributed by atoms with Crippen LogP contribution in [0.5, 0.6) is 0 Å². The van der Waals surface area contributed by atoms with Gasteiger partial charge in [0.05, 0.1) is 0 Å². The zero-order chi connectivity index (χ0) is 10.8. The Labute approximate surface area is 86.1 Å². The molecule has 0 aromatic heterocycles. The maximum Gasteiger partial charge on any atom is 0.480 e. The summed E-state index contributed by atoms with van der Waals surface area (Å²) < 4.78 is 0. The molecule has 0 unspecified atom stereocenters. The van der Waals surface area contributed by atoms with Crippen LogP contribution in [-0.4, -0.2) is 17.2 Å². The predicted molar refractivity (Wildman–Crippen MR) is 61.7 cm³/mol. The van der Waals surface area contributed by atoms with Gasteiger partial charge in [0, 0.05) is 0 Å². The Hall–Kier alpha value is -1.06. The third-order valence-electron chi connectivity index (χ3n) is 1.74. The van der Waals surface area contributed by atoms with E-state index in [4.69, 9.17) is 10.0 Å². The van der Waals surface area contributed by atoms with Crippen molar-refractivity contribution in [2.45, 2.75) is 19.3 Å². The van der Waals surface area contributed by atoms with E-state index in [0.29, 0.717) is 0 Å². The number of unbranched alkanes of at least 4 members (excludes halogenated alkanes) is 1. The van der Waals surface area contributed by atoms with Crippen molar-refractivity contribution in [3.05, 3.63) is 49.0 Å². The van der Waals surface area contributed by atoms with Gasteiger partial charge < -0.3 is 10.0 Å². The lowest BCUT2D eigenvalue weighted by atomic mass is 9.91. The minimum absolute atomic E-state index is 0.833. The van der Waals surface area contributed by atoms with Gasteiger partial charge in [0.2, 0.25) is 0 Å². The second kappa shape index (κ2) is 8.54. The van der Waals surface area contributed by atoms with Crippen LogP contribution in [0, 0.1) is 0 Å². The quantitative estimate of drug-likeness (QED) is 0.368. The summed E-state index contributed by atoms with van der Waals surface area (Å²) in [4.78, 5) is 0. The fraction of sp³-hybridized carbons (Fsp3) is 0.273. The first-order valence-corrected chi connectivity index (χ1v) is 4.67. The smallest absolute Gasteiger partial charge is 0.424 e. The molecule has 0 aliphatic rings. The zero-order valence-electron chi connectivity index (χ0n) is 8.39. The van der Waals surface area contributed by atoms with Gasteiger partial charge in [-0.25, -0.2) is 0 Å². The van der Waals surface area contributed by atoms with Crippen LogP contribution in [0.4, 0.5) is 0 Å². The lowest BCUT2D eigenvalue weighted by Crippen LogP contribution is -2.05. The highest BCUT2D eigenvalue weighted by Crippen LogP contribution is 2.08. The molecule has 0 fully saturated rings. The third-order valence-corrected chi connectivity index (χ3v) is 1.74. The highest BCUT2D eigenvalue weighted by Gasteiger charge is 1.96. The van der Waals surface area contributed by atoms with E-state index < -0.39 is 7.12 Å². The Bertz CT molecular complexity index is 229.